The quantitative estimate of drug-likeness (QED) is 0.621. The van der Waals surface area contributed by atoms with Gasteiger partial charge in [-0.05, 0) is 6.42 Å². The highest BCUT2D eigenvalue weighted by atomic mass is 32.2. The molecule has 0 aromatic rings. The second-order valence-corrected chi connectivity index (χ2v) is 4.58. The molecule has 0 bridgehead atoms. The lowest BCUT2D eigenvalue weighted by Crippen LogP contribution is -2.30. The van der Waals surface area contributed by atoms with Gasteiger partial charge in [0.15, 0.2) is 0 Å². The molecule has 0 aliphatic rings. The maximum atomic E-state index is 11.3. The van der Waals surface area contributed by atoms with Crippen LogP contribution < -0.4 is 5.32 Å². The second-order valence-electron chi connectivity index (χ2n) is 3.36. The van der Waals surface area contributed by atoms with Crippen molar-refractivity contribution in [3.05, 3.63) is 0 Å². The average molecular weight is 233 g/mol. The molecule has 4 nitrogen and oxygen atoms in total. The number of rotatable bonds is 8. The van der Waals surface area contributed by atoms with Crippen molar-refractivity contribution in [3.63, 3.8) is 0 Å². The Morgan fingerprint density at radius 1 is 1.40 bits per heavy atom. The molecule has 5 heteroatoms. The van der Waals surface area contributed by atoms with Gasteiger partial charge in [0.1, 0.15) is 0 Å². The molecule has 1 unspecified atom stereocenters. The molecule has 2 N–H and O–H groups in total. The molecule has 0 aliphatic carbocycles. The van der Waals surface area contributed by atoms with Crippen LogP contribution in [0.4, 0.5) is 0 Å². The van der Waals surface area contributed by atoms with Crippen LogP contribution in [-0.2, 0) is 9.59 Å². The molecule has 0 radical (unpaired) electrons. The SMILES string of the molecule is CCC(C)C(=O)NCCSCCC(=O)O. The summed E-state index contributed by atoms with van der Waals surface area (Å²) < 4.78 is 0. The molecular formula is C10H19NO3S. The van der Waals surface area contributed by atoms with E-state index in [0.29, 0.717) is 12.3 Å². The molecule has 0 aliphatic heterocycles. The van der Waals surface area contributed by atoms with Gasteiger partial charge < -0.3 is 10.4 Å². The number of carboxylic acids is 1. The average Bonchev–Trinajstić information content (AvgIpc) is 2.21. The fourth-order valence-corrected chi connectivity index (χ4v) is 1.64. The molecule has 0 spiro atoms. The Morgan fingerprint density at radius 3 is 2.60 bits per heavy atom. The number of amides is 1. The van der Waals surface area contributed by atoms with Gasteiger partial charge in [-0.2, -0.15) is 11.8 Å². The molecule has 0 fully saturated rings. The van der Waals surface area contributed by atoms with Crippen molar-refractivity contribution in [2.45, 2.75) is 26.7 Å². The molecule has 88 valence electrons. The number of carbonyl (C=O) groups is 2. The van der Waals surface area contributed by atoms with E-state index in [1.54, 1.807) is 11.8 Å². The van der Waals surface area contributed by atoms with Gasteiger partial charge in [-0.15, -0.1) is 0 Å². The first-order valence-electron chi connectivity index (χ1n) is 5.15. The molecule has 0 saturated heterocycles. The lowest BCUT2D eigenvalue weighted by Gasteiger charge is -2.09. The van der Waals surface area contributed by atoms with Gasteiger partial charge in [-0.25, -0.2) is 0 Å². The predicted octanol–water partition coefficient (Wildman–Crippen LogP) is 1.36. The number of carbonyl (C=O) groups excluding carboxylic acids is 1. The van der Waals surface area contributed by atoms with Gasteiger partial charge in [0.25, 0.3) is 0 Å². The van der Waals surface area contributed by atoms with Gasteiger partial charge >= 0.3 is 5.97 Å². The molecule has 0 saturated carbocycles. The molecule has 0 aromatic heterocycles. The maximum Gasteiger partial charge on any atom is 0.304 e. The van der Waals surface area contributed by atoms with Crippen LogP contribution in [-0.4, -0.2) is 35.0 Å². The van der Waals surface area contributed by atoms with E-state index in [1.165, 1.54) is 0 Å². The number of aliphatic carboxylic acids is 1. The zero-order valence-corrected chi connectivity index (χ0v) is 10.1. The van der Waals surface area contributed by atoms with Crippen LogP contribution in [0.2, 0.25) is 0 Å². The Hall–Kier alpha value is -0.710. The summed E-state index contributed by atoms with van der Waals surface area (Å²) in [5, 5.41) is 11.2. The number of hydrogen-bond donors (Lipinski definition) is 2. The van der Waals surface area contributed by atoms with Gasteiger partial charge in [0.2, 0.25) is 5.91 Å². The van der Waals surface area contributed by atoms with Gasteiger partial charge in [-0.3, -0.25) is 9.59 Å². The molecule has 15 heavy (non-hydrogen) atoms. The molecular weight excluding hydrogens is 214 g/mol. The topological polar surface area (TPSA) is 66.4 Å². The van der Waals surface area contributed by atoms with Crippen LogP contribution in [0, 0.1) is 5.92 Å². The summed E-state index contributed by atoms with van der Waals surface area (Å²) in [5.74, 6) is 0.751. The zero-order chi connectivity index (χ0) is 11.7. The minimum atomic E-state index is -0.772. The minimum absolute atomic E-state index is 0.0639. The Balaban J connectivity index is 3.31. The van der Waals surface area contributed by atoms with E-state index in [-0.39, 0.29) is 18.2 Å². The van der Waals surface area contributed by atoms with Crippen LogP contribution in [0.5, 0.6) is 0 Å². The van der Waals surface area contributed by atoms with Crippen molar-refractivity contribution in [1.82, 2.24) is 5.32 Å². The Morgan fingerprint density at radius 2 is 2.07 bits per heavy atom. The highest BCUT2D eigenvalue weighted by Crippen LogP contribution is 2.02. The Kier molecular flexibility index (Phi) is 8.18. The van der Waals surface area contributed by atoms with Crippen molar-refractivity contribution in [1.29, 1.82) is 0 Å². The first kappa shape index (κ1) is 14.3. The van der Waals surface area contributed by atoms with E-state index >= 15 is 0 Å². The van der Waals surface area contributed by atoms with E-state index in [4.69, 9.17) is 5.11 Å². The second kappa shape index (κ2) is 8.59. The number of nitrogens with one attached hydrogen (secondary N) is 1. The molecule has 1 amide bonds. The summed E-state index contributed by atoms with van der Waals surface area (Å²) in [6.45, 7) is 4.49. The van der Waals surface area contributed by atoms with Crippen LogP contribution in [0.25, 0.3) is 0 Å². The normalized spacial score (nSPS) is 12.1. The van der Waals surface area contributed by atoms with Crippen LogP contribution in [0.1, 0.15) is 26.7 Å². The largest absolute Gasteiger partial charge is 0.481 e. The van der Waals surface area contributed by atoms with Crippen molar-refractivity contribution >= 4 is 23.6 Å². The van der Waals surface area contributed by atoms with Crippen molar-refractivity contribution in [2.75, 3.05) is 18.1 Å². The van der Waals surface area contributed by atoms with E-state index in [9.17, 15) is 9.59 Å². The lowest BCUT2D eigenvalue weighted by molar-refractivity contribution is -0.136. The van der Waals surface area contributed by atoms with Crippen LogP contribution in [0.15, 0.2) is 0 Å². The third-order valence-corrected chi connectivity index (χ3v) is 3.05. The number of carboxylic acid groups (broad SMARTS) is 1. The zero-order valence-electron chi connectivity index (χ0n) is 9.28. The third kappa shape index (κ3) is 8.30. The summed E-state index contributed by atoms with van der Waals surface area (Å²) in [6, 6.07) is 0. The Bertz CT molecular complexity index is 209. The molecule has 0 rings (SSSR count). The van der Waals surface area contributed by atoms with Crippen LogP contribution in [0.3, 0.4) is 0 Å². The first-order valence-corrected chi connectivity index (χ1v) is 6.30. The maximum absolute atomic E-state index is 11.3. The van der Waals surface area contributed by atoms with Gasteiger partial charge in [0, 0.05) is 24.0 Å². The van der Waals surface area contributed by atoms with E-state index in [2.05, 4.69) is 5.32 Å². The van der Waals surface area contributed by atoms with E-state index in [0.717, 1.165) is 12.2 Å². The summed E-state index contributed by atoms with van der Waals surface area (Å²) >= 11 is 1.55. The Labute approximate surface area is 94.8 Å². The summed E-state index contributed by atoms with van der Waals surface area (Å²) in [5.41, 5.74) is 0. The van der Waals surface area contributed by atoms with E-state index < -0.39 is 5.97 Å². The highest BCUT2D eigenvalue weighted by Gasteiger charge is 2.08. The number of hydrogen-bond acceptors (Lipinski definition) is 3. The fraction of sp³-hybridized carbons (Fsp3) is 0.800. The van der Waals surface area contributed by atoms with Crippen LogP contribution >= 0.6 is 11.8 Å². The number of thioether (sulfide) groups is 1. The van der Waals surface area contributed by atoms with Gasteiger partial charge in [-0.1, -0.05) is 13.8 Å². The van der Waals surface area contributed by atoms with Crippen molar-refractivity contribution in [3.8, 4) is 0 Å². The van der Waals surface area contributed by atoms with Gasteiger partial charge in [0.05, 0.1) is 6.42 Å². The summed E-state index contributed by atoms with van der Waals surface area (Å²) in [4.78, 5) is 21.5. The standard InChI is InChI=1S/C10H19NO3S/c1-3-8(2)10(14)11-5-7-15-6-4-9(12)13/h8H,3-7H2,1-2H3,(H,11,14)(H,12,13). The fourth-order valence-electron chi connectivity index (χ4n) is 0.868. The lowest BCUT2D eigenvalue weighted by atomic mass is 10.1. The van der Waals surface area contributed by atoms with Crippen molar-refractivity contribution in [2.24, 2.45) is 5.92 Å². The monoisotopic (exact) mass is 233 g/mol. The predicted molar refractivity (Wildman–Crippen MR) is 62.0 cm³/mol. The first-order chi connectivity index (χ1) is 7.07. The highest BCUT2D eigenvalue weighted by molar-refractivity contribution is 7.99. The smallest absolute Gasteiger partial charge is 0.304 e. The summed E-state index contributed by atoms with van der Waals surface area (Å²) in [6.07, 6.45) is 1.03. The molecule has 1 atom stereocenters. The van der Waals surface area contributed by atoms with E-state index in [1.807, 2.05) is 13.8 Å². The molecule has 0 heterocycles. The molecule has 0 aromatic carbocycles. The third-order valence-electron chi connectivity index (χ3n) is 2.07. The van der Waals surface area contributed by atoms with Crippen molar-refractivity contribution < 1.29 is 14.7 Å². The minimum Gasteiger partial charge on any atom is -0.481 e. The summed E-state index contributed by atoms with van der Waals surface area (Å²) in [7, 11) is 0.